The fourth-order valence-electron chi connectivity index (χ4n) is 1.49. The van der Waals surface area contributed by atoms with Crippen LogP contribution < -0.4 is 4.74 Å². The lowest BCUT2D eigenvalue weighted by molar-refractivity contribution is -0.385. The van der Waals surface area contributed by atoms with Crippen molar-refractivity contribution in [1.29, 1.82) is 0 Å². The van der Waals surface area contributed by atoms with Gasteiger partial charge < -0.3 is 4.74 Å². The zero-order valence-corrected chi connectivity index (χ0v) is 12.8. The minimum Gasteiger partial charge on any atom is -0.489 e. The van der Waals surface area contributed by atoms with Gasteiger partial charge in [-0.3, -0.25) is 10.1 Å². The Labute approximate surface area is 126 Å². The van der Waals surface area contributed by atoms with E-state index in [0.717, 1.165) is 10.0 Å². The first-order chi connectivity index (χ1) is 9.06. The van der Waals surface area contributed by atoms with Gasteiger partial charge in [0.25, 0.3) is 5.69 Å². The molecule has 0 spiro atoms. The fourth-order valence-corrected chi connectivity index (χ4v) is 2.14. The summed E-state index contributed by atoms with van der Waals surface area (Å²) in [6.45, 7) is 0.287. The van der Waals surface area contributed by atoms with E-state index in [1.807, 2.05) is 24.3 Å². The highest BCUT2D eigenvalue weighted by Gasteiger charge is 2.12. The van der Waals surface area contributed by atoms with E-state index in [9.17, 15) is 10.1 Å². The van der Waals surface area contributed by atoms with Gasteiger partial charge in [-0.25, -0.2) is 0 Å². The molecule has 19 heavy (non-hydrogen) atoms. The van der Waals surface area contributed by atoms with Gasteiger partial charge in [-0.1, -0.05) is 22.0 Å². The molecule has 0 unspecified atom stereocenters. The summed E-state index contributed by atoms with van der Waals surface area (Å²) < 4.78 is 7.00. The molecule has 0 fully saturated rings. The van der Waals surface area contributed by atoms with E-state index in [-0.39, 0.29) is 12.3 Å². The van der Waals surface area contributed by atoms with Gasteiger partial charge >= 0.3 is 0 Å². The second-order valence-electron chi connectivity index (χ2n) is 3.79. The van der Waals surface area contributed by atoms with Gasteiger partial charge in [0.2, 0.25) is 0 Å². The van der Waals surface area contributed by atoms with Gasteiger partial charge in [-0.15, -0.1) is 0 Å². The molecule has 0 aliphatic heterocycles. The second-order valence-corrected chi connectivity index (χ2v) is 5.56. The van der Waals surface area contributed by atoms with E-state index in [4.69, 9.17) is 4.74 Å². The highest BCUT2D eigenvalue weighted by atomic mass is 79.9. The van der Waals surface area contributed by atoms with Crippen LogP contribution in [0.15, 0.2) is 51.4 Å². The maximum Gasteiger partial charge on any atom is 0.283 e. The maximum atomic E-state index is 10.8. The van der Waals surface area contributed by atoms with Crippen LogP contribution in [0.1, 0.15) is 5.56 Å². The van der Waals surface area contributed by atoms with Crippen LogP contribution in [0, 0.1) is 10.1 Å². The van der Waals surface area contributed by atoms with Crippen LogP contribution in [0.3, 0.4) is 0 Å². The molecule has 6 heteroatoms. The van der Waals surface area contributed by atoms with Crippen molar-refractivity contribution in [2.45, 2.75) is 6.61 Å². The van der Waals surface area contributed by atoms with Crippen molar-refractivity contribution < 1.29 is 9.66 Å². The van der Waals surface area contributed by atoms with Crippen LogP contribution in [0.2, 0.25) is 0 Å². The van der Waals surface area contributed by atoms with Crippen LogP contribution in [0.5, 0.6) is 5.75 Å². The molecule has 0 N–H and O–H groups in total. The van der Waals surface area contributed by atoms with E-state index in [1.54, 1.807) is 12.1 Å². The van der Waals surface area contributed by atoms with Crippen molar-refractivity contribution in [2.24, 2.45) is 0 Å². The zero-order chi connectivity index (χ0) is 13.8. The Morgan fingerprint density at radius 2 is 1.79 bits per heavy atom. The van der Waals surface area contributed by atoms with Crippen molar-refractivity contribution >= 4 is 37.5 Å². The Morgan fingerprint density at radius 3 is 2.42 bits per heavy atom. The summed E-state index contributed by atoms with van der Waals surface area (Å²) in [7, 11) is 0. The number of halogens is 2. The summed E-state index contributed by atoms with van der Waals surface area (Å²) >= 11 is 6.49. The Kier molecular flexibility index (Phi) is 4.55. The molecule has 0 saturated carbocycles. The predicted octanol–water partition coefficient (Wildman–Crippen LogP) is 4.70. The van der Waals surface area contributed by atoms with Crippen molar-refractivity contribution in [3.05, 3.63) is 67.1 Å². The molecule has 0 bridgehead atoms. The first-order valence-electron chi connectivity index (χ1n) is 5.37. The third-order valence-electron chi connectivity index (χ3n) is 2.43. The van der Waals surface area contributed by atoms with E-state index in [2.05, 4.69) is 31.9 Å². The predicted molar refractivity (Wildman–Crippen MR) is 79.3 cm³/mol. The highest BCUT2D eigenvalue weighted by molar-refractivity contribution is 9.10. The fraction of sp³-hybridized carbons (Fsp3) is 0.0769. The maximum absolute atomic E-state index is 10.8. The lowest BCUT2D eigenvalue weighted by Crippen LogP contribution is -1.97. The van der Waals surface area contributed by atoms with Gasteiger partial charge in [-0.2, -0.15) is 0 Å². The molecule has 0 aliphatic rings. The molecule has 0 saturated heterocycles. The average molecular weight is 387 g/mol. The molecule has 0 heterocycles. The summed E-state index contributed by atoms with van der Waals surface area (Å²) in [5.41, 5.74) is 0.787. The second kappa shape index (κ2) is 6.16. The first kappa shape index (κ1) is 14.0. The van der Waals surface area contributed by atoms with Crippen LogP contribution in [-0.4, -0.2) is 4.92 Å². The lowest BCUT2D eigenvalue weighted by atomic mass is 10.2. The highest BCUT2D eigenvalue weighted by Crippen LogP contribution is 2.26. The van der Waals surface area contributed by atoms with Gasteiger partial charge in [0, 0.05) is 10.5 Å². The molecule has 4 nitrogen and oxygen atoms in total. The number of nitro groups is 1. The van der Waals surface area contributed by atoms with Gasteiger partial charge in [-0.05, 0) is 51.8 Å². The number of hydrogen-bond acceptors (Lipinski definition) is 3. The van der Waals surface area contributed by atoms with E-state index < -0.39 is 4.92 Å². The van der Waals surface area contributed by atoms with Gasteiger partial charge in [0.15, 0.2) is 0 Å². The molecule has 0 aromatic heterocycles. The molecule has 0 radical (unpaired) electrons. The molecular formula is C13H9Br2NO3. The van der Waals surface area contributed by atoms with Crippen LogP contribution in [0.25, 0.3) is 0 Å². The van der Waals surface area contributed by atoms with Crippen molar-refractivity contribution in [1.82, 2.24) is 0 Å². The van der Waals surface area contributed by atoms with Gasteiger partial charge in [0.05, 0.1) is 9.40 Å². The van der Waals surface area contributed by atoms with E-state index in [1.165, 1.54) is 6.07 Å². The van der Waals surface area contributed by atoms with E-state index in [0.29, 0.717) is 10.2 Å². The monoisotopic (exact) mass is 385 g/mol. The minimum atomic E-state index is -0.423. The number of benzene rings is 2. The number of hydrogen-bond donors (Lipinski definition) is 0. The quantitative estimate of drug-likeness (QED) is 0.565. The Morgan fingerprint density at radius 1 is 1.11 bits per heavy atom. The summed E-state index contributed by atoms with van der Waals surface area (Å²) in [4.78, 5) is 10.4. The van der Waals surface area contributed by atoms with Crippen LogP contribution in [-0.2, 0) is 6.61 Å². The first-order valence-corrected chi connectivity index (χ1v) is 6.96. The summed E-state index contributed by atoms with van der Waals surface area (Å²) in [6.07, 6.45) is 0. The average Bonchev–Trinajstić information content (AvgIpc) is 2.39. The van der Waals surface area contributed by atoms with E-state index >= 15 is 0 Å². The Hall–Kier alpha value is -1.40. The number of ether oxygens (including phenoxy) is 1. The standard InChI is InChI=1S/C13H9Br2NO3/c14-10-2-4-11(5-3-10)19-8-9-1-6-12(15)13(7-9)16(17)18/h1-7H,8H2. The summed E-state index contributed by atoms with van der Waals surface area (Å²) in [6, 6.07) is 12.4. The Bertz CT molecular complexity index is 599. The largest absolute Gasteiger partial charge is 0.489 e. The Balaban J connectivity index is 2.09. The van der Waals surface area contributed by atoms with Crippen molar-refractivity contribution in [2.75, 3.05) is 0 Å². The molecule has 98 valence electrons. The van der Waals surface area contributed by atoms with Crippen LogP contribution >= 0.6 is 31.9 Å². The molecule has 0 aliphatic carbocycles. The molecular weight excluding hydrogens is 378 g/mol. The molecule has 2 aromatic carbocycles. The summed E-state index contributed by atoms with van der Waals surface area (Å²) in [5.74, 6) is 0.716. The molecule has 2 rings (SSSR count). The minimum absolute atomic E-state index is 0.0388. The molecule has 0 amide bonds. The van der Waals surface area contributed by atoms with Crippen LogP contribution in [0.4, 0.5) is 5.69 Å². The van der Waals surface area contributed by atoms with Gasteiger partial charge in [0.1, 0.15) is 12.4 Å². The molecule has 0 atom stereocenters. The normalized spacial score (nSPS) is 10.2. The lowest BCUT2D eigenvalue weighted by Gasteiger charge is -2.06. The number of nitrogens with zero attached hydrogens (tertiary/aromatic N) is 1. The number of rotatable bonds is 4. The smallest absolute Gasteiger partial charge is 0.283 e. The third kappa shape index (κ3) is 3.78. The topological polar surface area (TPSA) is 52.4 Å². The van der Waals surface area contributed by atoms with Crippen molar-refractivity contribution in [3.8, 4) is 5.75 Å². The third-order valence-corrected chi connectivity index (χ3v) is 3.63. The zero-order valence-electron chi connectivity index (χ0n) is 9.68. The molecule has 2 aromatic rings. The van der Waals surface area contributed by atoms with Crippen molar-refractivity contribution in [3.63, 3.8) is 0 Å². The SMILES string of the molecule is O=[N+]([O-])c1cc(COc2ccc(Br)cc2)ccc1Br. The summed E-state index contributed by atoms with van der Waals surface area (Å²) in [5, 5.41) is 10.8. The number of nitro benzene ring substituents is 1.